The van der Waals surface area contributed by atoms with Gasteiger partial charge in [-0.2, -0.15) is 0 Å². The number of nitrogens with zero attached hydrogens (tertiary/aromatic N) is 3. The van der Waals surface area contributed by atoms with Gasteiger partial charge >= 0.3 is 0 Å². The van der Waals surface area contributed by atoms with Gasteiger partial charge in [-0.05, 0) is 66.4 Å². The number of nitrogens with two attached hydrogens (primary N) is 1. The molecule has 0 spiro atoms. The van der Waals surface area contributed by atoms with Crippen molar-refractivity contribution < 1.29 is 19.4 Å². The number of rotatable bonds is 7. The summed E-state index contributed by atoms with van der Waals surface area (Å²) in [5.41, 5.74) is 7.42. The highest BCUT2D eigenvalue weighted by molar-refractivity contribution is 6.30. The molecule has 0 bridgehead atoms. The third-order valence-electron chi connectivity index (χ3n) is 7.43. The molecule has 38 heavy (non-hydrogen) atoms. The first-order valence-corrected chi connectivity index (χ1v) is 12.9. The number of ether oxygens (including phenoxy) is 2. The number of aromatic hydroxyl groups is 1. The molecule has 0 saturated carbocycles. The maximum Gasteiger partial charge on any atom is 0.266 e. The summed E-state index contributed by atoms with van der Waals surface area (Å²) in [6, 6.07) is 19.7. The second-order valence-corrected chi connectivity index (χ2v) is 10.0. The van der Waals surface area contributed by atoms with Crippen molar-refractivity contribution in [3.8, 4) is 17.2 Å². The van der Waals surface area contributed by atoms with E-state index in [2.05, 4.69) is 4.90 Å². The van der Waals surface area contributed by atoms with Crippen molar-refractivity contribution in [2.24, 2.45) is 10.7 Å². The molecule has 5 rings (SSSR count). The number of guanidine groups is 1. The Morgan fingerprint density at radius 3 is 2.05 bits per heavy atom. The van der Waals surface area contributed by atoms with E-state index in [9.17, 15) is 9.90 Å². The molecule has 3 aromatic carbocycles. The average molecular weight is 535 g/mol. The summed E-state index contributed by atoms with van der Waals surface area (Å²) >= 11 is 6.12. The molecule has 0 unspecified atom stereocenters. The van der Waals surface area contributed by atoms with Crippen LogP contribution in [-0.2, 0) is 16.9 Å². The van der Waals surface area contributed by atoms with Gasteiger partial charge in [0.1, 0.15) is 17.2 Å². The number of halogens is 1. The number of hydrogen-bond acceptors (Lipinski definition) is 7. The molecule has 2 heterocycles. The largest absolute Gasteiger partial charge is 0.508 e. The summed E-state index contributed by atoms with van der Waals surface area (Å²) < 4.78 is 10.7. The summed E-state index contributed by atoms with van der Waals surface area (Å²) in [6.07, 6.45) is 1.45. The molecular weight excluding hydrogens is 504 g/mol. The lowest BCUT2D eigenvalue weighted by molar-refractivity contribution is -0.132. The molecule has 198 valence electrons. The van der Waals surface area contributed by atoms with Crippen LogP contribution in [0.1, 0.15) is 29.5 Å². The van der Waals surface area contributed by atoms with Crippen molar-refractivity contribution >= 4 is 23.5 Å². The number of carbonyl (C=O) groups is 1. The fraction of sp³-hybridized carbons (Fsp3) is 0.310. The summed E-state index contributed by atoms with van der Waals surface area (Å²) in [6.45, 7) is 2.07. The number of amides is 1. The van der Waals surface area contributed by atoms with Crippen LogP contribution in [0.15, 0.2) is 71.7 Å². The molecule has 0 radical (unpaired) electrons. The van der Waals surface area contributed by atoms with E-state index in [1.165, 1.54) is 0 Å². The Morgan fingerprint density at radius 2 is 1.53 bits per heavy atom. The second-order valence-electron chi connectivity index (χ2n) is 9.59. The molecule has 0 aliphatic carbocycles. The lowest BCUT2D eigenvalue weighted by Gasteiger charge is -2.37. The number of phenolic OH excluding ortho intramolecular Hbond substituents is 1. The smallest absolute Gasteiger partial charge is 0.266 e. The Kier molecular flexibility index (Phi) is 7.19. The number of benzene rings is 3. The maximum absolute atomic E-state index is 14.3. The number of phenols is 1. The fourth-order valence-corrected chi connectivity index (χ4v) is 5.56. The summed E-state index contributed by atoms with van der Waals surface area (Å²) in [4.78, 5) is 23.1. The molecule has 0 atom stereocenters. The molecular formula is C29H31ClN4O4. The standard InChI is InChI=1S/C29H31ClN4O4/c1-37-24-8-3-20(4-9-24)29(21-5-10-25(38-2)11-6-21)27(36)34(28(31)32-29)23-13-15-33(16-14-23)18-19-17-22(30)7-12-26(19)35/h3-12,17,23,35H,13-16,18H2,1-2H3,(H2,31,32). The first-order valence-electron chi connectivity index (χ1n) is 12.5. The average Bonchev–Trinajstić information content (AvgIpc) is 3.21. The lowest BCUT2D eigenvalue weighted by Crippen LogP contribution is -2.52. The number of likely N-dealkylation sites (tertiary alicyclic amines) is 1. The fourth-order valence-electron chi connectivity index (χ4n) is 5.37. The summed E-state index contributed by atoms with van der Waals surface area (Å²) in [5, 5.41) is 10.8. The minimum absolute atomic E-state index is 0.0890. The van der Waals surface area contributed by atoms with Crippen molar-refractivity contribution in [2.75, 3.05) is 27.3 Å². The SMILES string of the molecule is COc1ccc(C2(c3ccc(OC)cc3)N=C(N)N(C3CCN(Cc4cc(Cl)ccc4O)CC3)C2=O)cc1. The zero-order chi connectivity index (χ0) is 26.9. The van der Waals surface area contributed by atoms with Gasteiger partial charge in [-0.3, -0.25) is 14.6 Å². The van der Waals surface area contributed by atoms with Crippen molar-refractivity contribution in [2.45, 2.75) is 31.0 Å². The highest BCUT2D eigenvalue weighted by Crippen LogP contribution is 2.42. The monoisotopic (exact) mass is 534 g/mol. The summed E-state index contributed by atoms with van der Waals surface area (Å²) in [7, 11) is 3.21. The second kappa shape index (κ2) is 10.6. The van der Waals surface area contributed by atoms with Gasteiger partial charge in [0.15, 0.2) is 11.5 Å². The van der Waals surface area contributed by atoms with Gasteiger partial charge in [0.25, 0.3) is 5.91 Å². The Hall–Kier alpha value is -3.75. The zero-order valence-electron chi connectivity index (χ0n) is 21.4. The van der Waals surface area contributed by atoms with Crippen LogP contribution in [0, 0.1) is 0 Å². The van der Waals surface area contributed by atoms with Crippen molar-refractivity contribution in [1.29, 1.82) is 0 Å². The number of aliphatic imine (C=N–C) groups is 1. The molecule has 2 aliphatic heterocycles. The van der Waals surface area contributed by atoms with Crippen LogP contribution in [-0.4, -0.2) is 60.1 Å². The Balaban J connectivity index is 1.40. The Labute approximate surface area is 227 Å². The van der Waals surface area contributed by atoms with Crippen LogP contribution in [0.2, 0.25) is 5.02 Å². The number of carbonyl (C=O) groups excluding carboxylic acids is 1. The van der Waals surface area contributed by atoms with Crippen molar-refractivity contribution in [1.82, 2.24) is 9.80 Å². The minimum atomic E-state index is -1.30. The van der Waals surface area contributed by atoms with Gasteiger partial charge in [-0.25, -0.2) is 4.99 Å². The predicted molar refractivity (Wildman–Crippen MR) is 147 cm³/mol. The quantitative estimate of drug-likeness (QED) is 0.473. The molecule has 1 amide bonds. The molecule has 1 fully saturated rings. The van der Waals surface area contributed by atoms with Gasteiger partial charge < -0.3 is 20.3 Å². The van der Waals surface area contributed by atoms with Gasteiger partial charge in [-0.1, -0.05) is 35.9 Å². The molecule has 1 saturated heterocycles. The zero-order valence-corrected chi connectivity index (χ0v) is 22.2. The van der Waals surface area contributed by atoms with Crippen LogP contribution < -0.4 is 15.2 Å². The van der Waals surface area contributed by atoms with Gasteiger partial charge in [-0.15, -0.1) is 0 Å². The van der Waals surface area contributed by atoms with Gasteiger partial charge in [0.2, 0.25) is 0 Å². The van der Waals surface area contributed by atoms with E-state index in [4.69, 9.17) is 31.8 Å². The molecule has 0 aromatic heterocycles. The number of methoxy groups -OCH3 is 2. The molecule has 3 N–H and O–H groups in total. The lowest BCUT2D eigenvalue weighted by atomic mass is 9.82. The normalized spacial score (nSPS) is 17.9. The van der Waals surface area contributed by atoms with E-state index >= 15 is 0 Å². The minimum Gasteiger partial charge on any atom is -0.508 e. The van der Waals surface area contributed by atoms with Crippen LogP contribution in [0.3, 0.4) is 0 Å². The van der Waals surface area contributed by atoms with Crippen LogP contribution in [0.5, 0.6) is 17.2 Å². The van der Waals surface area contributed by atoms with Crippen LogP contribution in [0.25, 0.3) is 0 Å². The van der Waals surface area contributed by atoms with Crippen molar-refractivity contribution in [3.63, 3.8) is 0 Å². The van der Waals surface area contributed by atoms with E-state index in [1.807, 2.05) is 48.5 Å². The molecule has 9 heteroatoms. The van der Waals surface area contributed by atoms with Gasteiger partial charge in [0, 0.05) is 36.3 Å². The van der Waals surface area contributed by atoms with Crippen molar-refractivity contribution in [3.05, 3.63) is 88.4 Å². The number of piperidine rings is 1. The van der Waals surface area contributed by atoms with E-state index in [0.717, 1.165) is 31.5 Å². The Morgan fingerprint density at radius 1 is 0.974 bits per heavy atom. The topological polar surface area (TPSA) is 101 Å². The van der Waals surface area contributed by atoms with Gasteiger partial charge in [0.05, 0.1) is 14.2 Å². The Bertz CT molecular complexity index is 1290. The van der Waals surface area contributed by atoms with Crippen LogP contribution in [0.4, 0.5) is 0 Å². The molecule has 8 nitrogen and oxygen atoms in total. The highest BCUT2D eigenvalue weighted by Gasteiger charge is 2.52. The third-order valence-corrected chi connectivity index (χ3v) is 7.67. The van der Waals surface area contributed by atoms with E-state index in [-0.39, 0.29) is 23.7 Å². The molecule has 3 aromatic rings. The maximum atomic E-state index is 14.3. The predicted octanol–water partition coefficient (Wildman–Crippen LogP) is 4.13. The third kappa shape index (κ3) is 4.66. The summed E-state index contributed by atoms with van der Waals surface area (Å²) in [5.74, 6) is 1.65. The van der Waals surface area contributed by atoms with E-state index in [0.29, 0.717) is 34.2 Å². The molecule has 2 aliphatic rings. The van der Waals surface area contributed by atoms with Crippen LogP contribution >= 0.6 is 11.6 Å². The van der Waals surface area contributed by atoms with E-state index in [1.54, 1.807) is 37.3 Å². The van der Waals surface area contributed by atoms with E-state index < -0.39 is 5.54 Å². The first-order chi connectivity index (χ1) is 18.3. The number of hydrogen-bond donors (Lipinski definition) is 2. The highest BCUT2D eigenvalue weighted by atomic mass is 35.5. The first kappa shape index (κ1) is 25.9.